The Bertz CT molecular complexity index is 136. The zero-order valence-corrected chi connectivity index (χ0v) is 10.2. The van der Waals surface area contributed by atoms with Gasteiger partial charge >= 0.3 is 6.09 Å². The highest BCUT2D eigenvalue weighted by molar-refractivity contribution is 5.64. The second kappa shape index (κ2) is 13.2. The summed E-state index contributed by atoms with van der Waals surface area (Å²) in [6.45, 7) is 6.75. The molecule has 1 amide bonds. The van der Waals surface area contributed by atoms with Gasteiger partial charge in [-0.05, 0) is 19.3 Å². The summed E-state index contributed by atoms with van der Waals surface area (Å²) in [5.41, 5.74) is 4.54. The molecule has 0 aliphatic carbocycles. The van der Waals surface area contributed by atoms with E-state index in [2.05, 4.69) is 24.3 Å². The summed E-state index contributed by atoms with van der Waals surface area (Å²) < 4.78 is 4.18. The molecule has 0 saturated carbocycles. The van der Waals surface area contributed by atoms with Crippen molar-refractivity contribution in [2.24, 2.45) is 11.7 Å². The maximum absolute atomic E-state index is 9.60. The van der Waals surface area contributed by atoms with E-state index in [4.69, 9.17) is 5.11 Å². The van der Waals surface area contributed by atoms with Gasteiger partial charge in [-0.2, -0.15) is 0 Å². The molecule has 0 aliphatic rings. The van der Waals surface area contributed by atoms with Crippen LogP contribution in [-0.2, 0) is 4.74 Å². The fourth-order valence-electron chi connectivity index (χ4n) is 1.06. The summed E-state index contributed by atoms with van der Waals surface area (Å²) in [5.74, 6) is 0.560. The maximum Gasteiger partial charge on any atom is 0.404 e. The molecule has 4 heteroatoms. The van der Waals surface area contributed by atoms with Crippen molar-refractivity contribution in [2.75, 3.05) is 13.2 Å². The van der Waals surface area contributed by atoms with Crippen LogP contribution in [0.2, 0.25) is 0 Å². The van der Waals surface area contributed by atoms with Crippen molar-refractivity contribution in [3.63, 3.8) is 0 Å². The lowest BCUT2D eigenvalue weighted by Crippen LogP contribution is -2.11. The van der Waals surface area contributed by atoms with Gasteiger partial charge in [0.05, 0.1) is 6.61 Å². The molecule has 0 aromatic heterocycles. The van der Waals surface area contributed by atoms with Crippen LogP contribution in [0, 0.1) is 5.92 Å². The monoisotopic (exact) mass is 219 g/mol. The van der Waals surface area contributed by atoms with Crippen molar-refractivity contribution in [1.29, 1.82) is 0 Å². The largest absolute Gasteiger partial charge is 0.450 e. The number of aliphatic hydroxyl groups excluding tert-OH is 1. The summed E-state index contributed by atoms with van der Waals surface area (Å²) >= 11 is 0. The Morgan fingerprint density at radius 1 is 1.40 bits per heavy atom. The summed E-state index contributed by atoms with van der Waals surface area (Å²) in [7, 11) is 0. The van der Waals surface area contributed by atoms with Crippen molar-refractivity contribution in [3.05, 3.63) is 0 Å². The molecule has 0 saturated heterocycles. The minimum absolute atomic E-state index is 0.356. The van der Waals surface area contributed by atoms with Crippen LogP contribution in [0.3, 0.4) is 0 Å². The van der Waals surface area contributed by atoms with Crippen LogP contribution >= 0.6 is 0 Å². The zero-order valence-electron chi connectivity index (χ0n) is 10.2. The molecule has 0 fully saturated rings. The predicted octanol–water partition coefficient (Wildman–Crippen LogP) is 2.30. The molecule has 92 valence electrons. The normalized spacial score (nSPS) is 11.2. The number of primary amides is 1. The molecule has 0 heterocycles. The van der Waals surface area contributed by atoms with Crippen LogP contribution in [0.1, 0.15) is 46.5 Å². The predicted molar refractivity (Wildman–Crippen MR) is 61.6 cm³/mol. The summed E-state index contributed by atoms with van der Waals surface area (Å²) in [6.07, 6.45) is 4.12. The van der Waals surface area contributed by atoms with Crippen molar-refractivity contribution < 1.29 is 14.6 Å². The van der Waals surface area contributed by atoms with Gasteiger partial charge in [-0.1, -0.05) is 33.1 Å². The zero-order chi connectivity index (χ0) is 12.1. The summed E-state index contributed by atoms with van der Waals surface area (Å²) in [5, 5.41) is 8.75. The number of carbonyl (C=O) groups is 1. The molecule has 0 aliphatic heterocycles. The van der Waals surface area contributed by atoms with Crippen LogP contribution in [0.4, 0.5) is 4.79 Å². The van der Waals surface area contributed by atoms with E-state index in [1.807, 2.05) is 0 Å². The van der Waals surface area contributed by atoms with Crippen molar-refractivity contribution in [2.45, 2.75) is 46.5 Å². The molecular weight excluding hydrogens is 194 g/mol. The molecule has 0 rings (SSSR count). The molecule has 1 unspecified atom stereocenters. The van der Waals surface area contributed by atoms with Gasteiger partial charge in [0.25, 0.3) is 0 Å². The van der Waals surface area contributed by atoms with E-state index in [1.54, 1.807) is 6.92 Å². The molecule has 15 heavy (non-hydrogen) atoms. The molecule has 0 aromatic carbocycles. The maximum atomic E-state index is 9.60. The first kappa shape index (κ1) is 16.7. The Kier molecular flexibility index (Phi) is 14.7. The minimum Gasteiger partial charge on any atom is -0.450 e. The average molecular weight is 219 g/mol. The molecule has 0 bridgehead atoms. The fourth-order valence-corrected chi connectivity index (χ4v) is 1.06. The number of aliphatic hydroxyl groups is 1. The average Bonchev–Trinajstić information content (AvgIpc) is 2.20. The lowest BCUT2D eigenvalue weighted by Gasteiger charge is -2.08. The van der Waals surface area contributed by atoms with Crippen LogP contribution in [-0.4, -0.2) is 24.4 Å². The van der Waals surface area contributed by atoms with E-state index >= 15 is 0 Å². The molecule has 0 aromatic rings. The first-order chi connectivity index (χ1) is 7.12. The van der Waals surface area contributed by atoms with E-state index in [-0.39, 0.29) is 0 Å². The highest BCUT2D eigenvalue weighted by Gasteiger charge is 2.01. The molecular formula is C11H25NO3. The number of hydrogen-bond acceptors (Lipinski definition) is 3. The van der Waals surface area contributed by atoms with Gasteiger partial charge in [0.2, 0.25) is 0 Å². The second-order valence-electron chi connectivity index (χ2n) is 3.35. The number of ether oxygens (including phenoxy) is 1. The van der Waals surface area contributed by atoms with Crippen molar-refractivity contribution in [1.82, 2.24) is 0 Å². The van der Waals surface area contributed by atoms with Gasteiger partial charge in [-0.3, -0.25) is 0 Å². The van der Waals surface area contributed by atoms with Gasteiger partial charge < -0.3 is 15.6 Å². The summed E-state index contributed by atoms with van der Waals surface area (Å²) in [4.78, 5) is 9.60. The highest BCUT2D eigenvalue weighted by atomic mass is 16.5. The van der Waals surface area contributed by atoms with E-state index in [1.165, 1.54) is 19.3 Å². The number of amides is 1. The molecule has 1 atom stereocenters. The van der Waals surface area contributed by atoms with Gasteiger partial charge in [0, 0.05) is 6.61 Å². The third kappa shape index (κ3) is 15.9. The SMILES string of the molecule is CCCCC(CC)CO.CCOC(N)=O. The molecule has 4 nitrogen and oxygen atoms in total. The van der Waals surface area contributed by atoms with Gasteiger partial charge in [-0.15, -0.1) is 0 Å². The van der Waals surface area contributed by atoms with Gasteiger partial charge in [0.15, 0.2) is 0 Å². The van der Waals surface area contributed by atoms with Gasteiger partial charge in [0.1, 0.15) is 0 Å². The first-order valence-corrected chi connectivity index (χ1v) is 5.65. The van der Waals surface area contributed by atoms with Crippen LogP contribution < -0.4 is 5.73 Å². The lowest BCUT2D eigenvalue weighted by atomic mass is 10.0. The van der Waals surface area contributed by atoms with Crippen molar-refractivity contribution >= 4 is 6.09 Å². The third-order valence-corrected chi connectivity index (χ3v) is 2.09. The van der Waals surface area contributed by atoms with Crippen LogP contribution in [0.25, 0.3) is 0 Å². The van der Waals surface area contributed by atoms with Crippen molar-refractivity contribution in [3.8, 4) is 0 Å². The number of rotatable bonds is 6. The number of unbranched alkanes of at least 4 members (excludes halogenated alkanes) is 1. The van der Waals surface area contributed by atoms with E-state index in [9.17, 15) is 4.79 Å². The Morgan fingerprint density at radius 2 is 2.00 bits per heavy atom. The van der Waals surface area contributed by atoms with Crippen LogP contribution in [0.5, 0.6) is 0 Å². The number of nitrogens with two attached hydrogens (primary N) is 1. The highest BCUT2D eigenvalue weighted by Crippen LogP contribution is 2.10. The molecule has 0 radical (unpaired) electrons. The minimum atomic E-state index is -0.711. The molecule has 3 N–H and O–H groups in total. The number of hydrogen-bond donors (Lipinski definition) is 2. The van der Waals surface area contributed by atoms with E-state index < -0.39 is 6.09 Å². The van der Waals surface area contributed by atoms with Crippen LogP contribution in [0.15, 0.2) is 0 Å². The second-order valence-corrected chi connectivity index (χ2v) is 3.35. The molecule has 0 spiro atoms. The quantitative estimate of drug-likeness (QED) is 0.720. The Hall–Kier alpha value is -0.770. The topological polar surface area (TPSA) is 72.6 Å². The third-order valence-electron chi connectivity index (χ3n) is 2.09. The fraction of sp³-hybridized carbons (Fsp3) is 0.909. The Morgan fingerprint density at radius 3 is 2.20 bits per heavy atom. The summed E-state index contributed by atoms with van der Waals surface area (Å²) in [6, 6.07) is 0. The van der Waals surface area contributed by atoms with E-state index in [0.29, 0.717) is 19.1 Å². The Balaban J connectivity index is 0. The Labute approximate surface area is 92.8 Å². The van der Waals surface area contributed by atoms with E-state index in [0.717, 1.165) is 6.42 Å². The first-order valence-electron chi connectivity index (χ1n) is 5.65. The lowest BCUT2D eigenvalue weighted by molar-refractivity contribution is 0.163. The smallest absolute Gasteiger partial charge is 0.404 e. The van der Waals surface area contributed by atoms with Gasteiger partial charge in [-0.25, -0.2) is 4.79 Å². The standard InChI is InChI=1S/C8H18O.C3H7NO2/c1-3-5-6-8(4-2)7-9;1-2-6-3(4)5/h8-9H,3-7H2,1-2H3;2H2,1H3,(H2,4,5). The number of carbonyl (C=O) groups excluding carboxylic acids is 1.